The maximum atomic E-state index is 5.97. The van der Waals surface area contributed by atoms with Crippen molar-refractivity contribution >= 4 is 22.5 Å². The molecule has 1 aliphatic rings. The van der Waals surface area contributed by atoms with E-state index in [1.54, 1.807) is 13.3 Å². The van der Waals surface area contributed by atoms with E-state index >= 15 is 0 Å². The zero-order valence-corrected chi connectivity index (χ0v) is 15.4. The first kappa shape index (κ1) is 17.5. The molecule has 142 valence electrons. The van der Waals surface area contributed by atoms with Crippen molar-refractivity contribution in [2.24, 2.45) is 0 Å². The van der Waals surface area contributed by atoms with Gasteiger partial charge in [-0.15, -0.1) is 0 Å². The van der Waals surface area contributed by atoms with Crippen molar-refractivity contribution in [1.82, 2.24) is 25.3 Å². The minimum absolute atomic E-state index is 0.633. The molecule has 1 aliphatic heterocycles. The minimum Gasteiger partial charge on any atom is -0.491 e. The van der Waals surface area contributed by atoms with Crippen molar-refractivity contribution in [2.75, 3.05) is 38.7 Å². The van der Waals surface area contributed by atoms with Gasteiger partial charge in [0.15, 0.2) is 11.5 Å². The zero-order chi connectivity index (χ0) is 18.5. The molecule has 8 nitrogen and oxygen atoms in total. The van der Waals surface area contributed by atoms with Gasteiger partial charge >= 0.3 is 0 Å². The first-order valence-electron chi connectivity index (χ1n) is 9.28. The third kappa shape index (κ3) is 4.28. The van der Waals surface area contributed by atoms with Crippen molar-refractivity contribution < 1.29 is 9.47 Å². The molecular formula is C19H24N6O2. The second-order valence-electron chi connectivity index (χ2n) is 6.62. The number of nitrogens with zero attached hydrogens (tertiary/aromatic N) is 4. The lowest BCUT2D eigenvalue weighted by Crippen LogP contribution is -2.21. The van der Waals surface area contributed by atoms with Crippen LogP contribution in [0.1, 0.15) is 19.3 Å². The molecule has 1 saturated heterocycles. The number of benzene rings is 1. The Morgan fingerprint density at radius 3 is 2.81 bits per heavy atom. The van der Waals surface area contributed by atoms with Crippen molar-refractivity contribution in [3.8, 4) is 11.5 Å². The van der Waals surface area contributed by atoms with E-state index in [0.717, 1.165) is 29.7 Å². The van der Waals surface area contributed by atoms with Crippen LogP contribution in [0.15, 0.2) is 30.5 Å². The van der Waals surface area contributed by atoms with Gasteiger partial charge in [-0.05, 0) is 50.6 Å². The Hall–Kier alpha value is -2.87. The number of fused-ring (bicyclic) bond motifs is 1. The number of ether oxygens (including phenoxy) is 2. The smallest absolute Gasteiger partial charge is 0.179 e. The molecule has 0 saturated carbocycles. The van der Waals surface area contributed by atoms with E-state index in [2.05, 4.69) is 30.6 Å². The van der Waals surface area contributed by atoms with Crippen LogP contribution in [0.25, 0.3) is 11.0 Å². The van der Waals surface area contributed by atoms with Gasteiger partial charge in [-0.1, -0.05) is 0 Å². The monoisotopic (exact) mass is 368 g/mol. The highest BCUT2D eigenvalue weighted by Crippen LogP contribution is 2.30. The maximum Gasteiger partial charge on any atom is 0.179 e. The number of aromatic nitrogens is 4. The van der Waals surface area contributed by atoms with Gasteiger partial charge < -0.3 is 19.7 Å². The van der Waals surface area contributed by atoms with Crippen LogP contribution in [0.2, 0.25) is 0 Å². The van der Waals surface area contributed by atoms with E-state index in [9.17, 15) is 0 Å². The number of pyridine rings is 1. The number of rotatable bonds is 8. The first-order chi connectivity index (χ1) is 13.3. The van der Waals surface area contributed by atoms with Crippen LogP contribution in [-0.2, 0) is 0 Å². The van der Waals surface area contributed by atoms with Gasteiger partial charge in [-0.3, -0.25) is 0 Å². The summed E-state index contributed by atoms with van der Waals surface area (Å²) in [5, 5.41) is 14.1. The molecule has 0 aliphatic carbocycles. The van der Waals surface area contributed by atoms with Crippen molar-refractivity contribution in [1.29, 1.82) is 0 Å². The van der Waals surface area contributed by atoms with Gasteiger partial charge in [-0.2, -0.15) is 15.4 Å². The molecule has 0 atom stereocenters. The summed E-state index contributed by atoms with van der Waals surface area (Å²) in [5.74, 6) is 2.01. The SMILES string of the molecule is COc1cnc(Nc2ccc3n[nH]nc3c2)cc1OCCCN1CCCC1. The predicted molar refractivity (Wildman–Crippen MR) is 104 cm³/mol. The molecule has 4 rings (SSSR count). The Bertz CT molecular complexity index is 891. The molecule has 2 N–H and O–H groups in total. The molecule has 0 unspecified atom stereocenters. The fourth-order valence-electron chi connectivity index (χ4n) is 3.30. The highest BCUT2D eigenvalue weighted by molar-refractivity contribution is 5.79. The van der Waals surface area contributed by atoms with Crippen LogP contribution >= 0.6 is 0 Å². The molecule has 3 aromatic rings. The number of hydrogen-bond acceptors (Lipinski definition) is 7. The number of H-pyrrole nitrogens is 1. The highest BCUT2D eigenvalue weighted by atomic mass is 16.5. The Balaban J connectivity index is 1.39. The van der Waals surface area contributed by atoms with Gasteiger partial charge in [0.05, 0.1) is 19.9 Å². The number of likely N-dealkylation sites (tertiary alicyclic amines) is 1. The number of hydrogen-bond donors (Lipinski definition) is 2. The molecule has 2 aromatic heterocycles. The summed E-state index contributed by atoms with van der Waals surface area (Å²) in [6, 6.07) is 7.62. The number of anilines is 2. The largest absolute Gasteiger partial charge is 0.491 e. The lowest BCUT2D eigenvalue weighted by molar-refractivity contribution is 0.254. The van der Waals surface area contributed by atoms with Crippen LogP contribution in [0.4, 0.5) is 11.5 Å². The number of methoxy groups -OCH3 is 1. The van der Waals surface area contributed by atoms with Crippen molar-refractivity contribution in [3.05, 3.63) is 30.5 Å². The molecular weight excluding hydrogens is 344 g/mol. The summed E-state index contributed by atoms with van der Waals surface area (Å²) >= 11 is 0. The Morgan fingerprint density at radius 2 is 1.96 bits per heavy atom. The second-order valence-corrected chi connectivity index (χ2v) is 6.62. The topological polar surface area (TPSA) is 88.2 Å². The number of aromatic amines is 1. The average molecular weight is 368 g/mol. The summed E-state index contributed by atoms with van der Waals surface area (Å²) in [6.07, 6.45) is 5.30. The third-order valence-corrected chi connectivity index (χ3v) is 4.72. The standard InChI is InChI=1S/C19H24N6O2/c1-26-18-13-20-19(21-14-5-6-15-16(11-14)23-24-22-15)12-17(18)27-10-4-9-25-7-2-3-8-25/h5-6,11-13H,2-4,7-10H2,1H3,(H,20,21)(H,22,23,24). The van der Waals surface area contributed by atoms with Gasteiger partial charge in [0.1, 0.15) is 16.9 Å². The zero-order valence-electron chi connectivity index (χ0n) is 15.4. The van der Waals surface area contributed by atoms with Crippen LogP contribution in [0.3, 0.4) is 0 Å². The minimum atomic E-state index is 0.633. The quantitative estimate of drug-likeness (QED) is 0.591. The van der Waals surface area contributed by atoms with Crippen LogP contribution in [-0.4, -0.2) is 58.6 Å². The lowest BCUT2D eigenvalue weighted by atomic mass is 10.2. The Morgan fingerprint density at radius 1 is 1.11 bits per heavy atom. The lowest BCUT2D eigenvalue weighted by Gasteiger charge is -2.16. The van der Waals surface area contributed by atoms with Gasteiger partial charge in [0.2, 0.25) is 0 Å². The van der Waals surface area contributed by atoms with Crippen LogP contribution in [0.5, 0.6) is 11.5 Å². The molecule has 27 heavy (non-hydrogen) atoms. The van der Waals surface area contributed by atoms with Crippen LogP contribution < -0.4 is 14.8 Å². The van der Waals surface area contributed by atoms with E-state index in [1.807, 2.05) is 24.3 Å². The summed E-state index contributed by atoms with van der Waals surface area (Å²) in [7, 11) is 1.62. The van der Waals surface area contributed by atoms with E-state index < -0.39 is 0 Å². The molecule has 1 aromatic carbocycles. The van der Waals surface area contributed by atoms with E-state index in [-0.39, 0.29) is 0 Å². The highest BCUT2D eigenvalue weighted by Gasteiger charge is 2.12. The maximum absolute atomic E-state index is 5.97. The van der Waals surface area contributed by atoms with Gasteiger partial charge in [0, 0.05) is 18.3 Å². The Labute approximate surface area is 157 Å². The molecule has 0 spiro atoms. The van der Waals surface area contributed by atoms with E-state index in [0.29, 0.717) is 23.9 Å². The fourth-order valence-corrected chi connectivity index (χ4v) is 3.30. The normalized spacial score (nSPS) is 14.6. The summed E-state index contributed by atoms with van der Waals surface area (Å²) < 4.78 is 11.3. The summed E-state index contributed by atoms with van der Waals surface area (Å²) in [4.78, 5) is 6.88. The summed E-state index contributed by atoms with van der Waals surface area (Å²) in [6.45, 7) is 4.16. The van der Waals surface area contributed by atoms with Gasteiger partial charge in [0.25, 0.3) is 0 Å². The van der Waals surface area contributed by atoms with Crippen LogP contribution in [0, 0.1) is 0 Å². The molecule has 8 heteroatoms. The molecule has 3 heterocycles. The fraction of sp³-hybridized carbons (Fsp3) is 0.421. The molecule has 0 bridgehead atoms. The first-order valence-corrected chi connectivity index (χ1v) is 9.28. The Kier molecular flexibility index (Phi) is 5.34. The second kappa shape index (κ2) is 8.22. The molecule has 1 fully saturated rings. The van der Waals surface area contributed by atoms with E-state index in [4.69, 9.17) is 9.47 Å². The molecule has 0 amide bonds. The predicted octanol–water partition coefficient (Wildman–Crippen LogP) is 2.97. The summed E-state index contributed by atoms with van der Waals surface area (Å²) in [5.41, 5.74) is 2.51. The third-order valence-electron chi connectivity index (χ3n) is 4.72. The number of nitrogens with one attached hydrogen (secondary N) is 2. The van der Waals surface area contributed by atoms with Crippen molar-refractivity contribution in [2.45, 2.75) is 19.3 Å². The van der Waals surface area contributed by atoms with Crippen molar-refractivity contribution in [3.63, 3.8) is 0 Å². The van der Waals surface area contributed by atoms with Gasteiger partial charge in [-0.25, -0.2) is 4.98 Å². The average Bonchev–Trinajstić information content (AvgIpc) is 3.37. The molecule has 0 radical (unpaired) electrons. The van der Waals surface area contributed by atoms with E-state index in [1.165, 1.54) is 25.9 Å².